The average molecular weight is 269 g/mol. The maximum atomic E-state index is 6.06. The summed E-state index contributed by atoms with van der Waals surface area (Å²) in [5.74, 6) is 0. The normalized spacial score (nSPS) is 18.5. The average Bonchev–Trinajstić information content (AvgIpc) is 2.19. The SMILES string of the molecule is Cc1ccccc1C(CBr)OC1CCC1. The molecule has 1 saturated carbocycles. The molecule has 1 atom stereocenters. The molecule has 1 aliphatic rings. The highest BCUT2D eigenvalue weighted by molar-refractivity contribution is 9.09. The Labute approximate surface area is 100.0 Å². The van der Waals surface area contributed by atoms with Crippen LogP contribution in [0.2, 0.25) is 0 Å². The number of aryl methyl sites for hydroxylation is 1. The van der Waals surface area contributed by atoms with Crippen LogP contribution in [0.5, 0.6) is 0 Å². The zero-order valence-electron chi connectivity index (χ0n) is 9.08. The zero-order valence-corrected chi connectivity index (χ0v) is 10.7. The Bertz CT molecular complexity index is 320. The van der Waals surface area contributed by atoms with Crippen LogP contribution in [0.15, 0.2) is 24.3 Å². The molecule has 2 rings (SSSR count). The lowest BCUT2D eigenvalue weighted by Crippen LogP contribution is -2.25. The molecule has 0 saturated heterocycles. The third kappa shape index (κ3) is 2.61. The van der Waals surface area contributed by atoms with Crippen LogP contribution in [0.3, 0.4) is 0 Å². The Morgan fingerprint density at radius 1 is 1.40 bits per heavy atom. The Kier molecular flexibility index (Phi) is 3.81. The molecule has 0 bridgehead atoms. The number of benzene rings is 1. The van der Waals surface area contributed by atoms with Gasteiger partial charge in [-0.25, -0.2) is 0 Å². The molecule has 1 nitrogen and oxygen atoms in total. The van der Waals surface area contributed by atoms with E-state index in [-0.39, 0.29) is 6.10 Å². The van der Waals surface area contributed by atoms with E-state index >= 15 is 0 Å². The molecule has 1 fully saturated rings. The minimum absolute atomic E-state index is 0.219. The highest BCUT2D eigenvalue weighted by atomic mass is 79.9. The Morgan fingerprint density at radius 2 is 2.13 bits per heavy atom. The fraction of sp³-hybridized carbons (Fsp3) is 0.538. The van der Waals surface area contributed by atoms with E-state index in [0.29, 0.717) is 6.10 Å². The van der Waals surface area contributed by atoms with Gasteiger partial charge < -0.3 is 4.74 Å². The third-order valence-electron chi connectivity index (χ3n) is 3.08. The lowest BCUT2D eigenvalue weighted by Gasteiger charge is -2.30. The van der Waals surface area contributed by atoms with E-state index in [1.807, 2.05) is 0 Å². The molecular formula is C13H17BrO. The van der Waals surface area contributed by atoms with E-state index in [2.05, 4.69) is 47.1 Å². The maximum absolute atomic E-state index is 6.06. The van der Waals surface area contributed by atoms with Crippen molar-refractivity contribution in [1.82, 2.24) is 0 Å². The molecule has 0 aliphatic heterocycles. The summed E-state index contributed by atoms with van der Waals surface area (Å²) in [6.45, 7) is 2.15. The zero-order chi connectivity index (χ0) is 10.7. The number of halogens is 1. The summed E-state index contributed by atoms with van der Waals surface area (Å²) in [7, 11) is 0. The molecule has 1 aromatic carbocycles. The fourth-order valence-corrected chi connectivity index (χ4v) is 2.38. The smallest absolute Gasteiger partial charge is 0.0927 e. The standard InChI is InChI=1S/C13H17BrO/c1-10-5-2-3-8-12(10)13(9-14)15-11-6-4-7-11/h2-3,5,8,11,13H,4,6-7,9H2,1H3. The molecule has 0 heterocycles. The van der Waals surface area contributed by atoms with Gasteiger partial charge in [-0.3, -0.25) is 0 Å². The van der Waals surface area contributed by atoms with Gasteiger partial charge in [0.15, 0.2) is 0 Å². The summed E-state index contributed by atoms with van der Waals surface area (Å²) in [6, 6.07) is 8.48. The molecule has 2 heteroatoms. The van der Waals surface area contributed by atoms with Crippen molar-refractivity contribution in [3.8, 4) is 0 Å². The quantitative estimate of drug-likeness (QED) is 0.751. The van der Waals surface area contributed by atoms with Gasteiger partial charge in [-0.1, -0.05) is 40.2 Å². The van der Waals surface area contributed by atoms with Gasteiger partial charge in [0.25, 0.3) is 0 Å². The van der Waals surface area contributed by atoms with Gasteiger partial charge in [0.1, 0.15) is 0 Å². The highest BCUT2D eigenvalue weighted by Crippen LogP contribution is 2.31. The molecule has 0 amide bonds. The lowest BCUT2D eigenvalue weighted by molar-refractivity contribution is -0.0421. The first-order valence-corrected chi connectivity index (χ1v) is 6.70. The van der Waals surface area contributed by atoms with E-state index < -0.39 is 0 Å². The van der Waals surface area contributed by atoms with Crippen LogP contribution < -0.4 is 0 Å². The summed E-state index contributed by atoms with van der Waals surface area (Å²) < 4.78 is 6.06. The number of alkyl halides is 1. The third-order valence-corrected chi connectivity index (χ3v) is 3.67. The topological polar surface area (TPSA) is 9.23 Å². The Morgan fingerprint density at radius 3 is 2.67 bits per heavy atom. The summed E-state index contributed by atoms with van der Waals surface area (Å²) in [4.78, 5) is 0. The second-order valence-electron chi connectivity index (χ2n) is 4.19. The van der Waals surface area contributed by atoms with E-state index in [1.54, 1.807) is 0 Å². The molecule has 0 radical (unpaired) electrons. The molecule has 0 N–H and O–H groups in total. The number of rotatable bonds is 4. The molecule has 1 unspecified atom stereocenters. The predicted octanol–water partition coefficient (Wildman–Crippen LogP) is 4.00. The number of hydrogen-bond acceptors (Lipinski definition) is 1. The maximum Gasteiger partial charge on any atom is 0.0927 e. The van der Waals surface area contributed by atoms with Gasteiger partial charge in [0.05, 0.1) is 12.2 Å². The summed E-state index contributed by atoms with van der Waals surface area (Å²) >= 11 is 3.54. The molecule has 82 valence electrons. The van der Waals surface area contributed by atoms with Crippen molar-refractivity contribution in [3.05, 3.63) is 35.4 Å². The lowest BCUT2D eigenvalue weighted by atomic mass is 9.95. The highest BCUT2D eigenvalue weighted by Gasteiger charge is 2.23. The first-order valence-electron chi connectivity index (χ1n) is 5.58. The minimum atomic E-state index is 0.219. The Hall–Kier alpha value is -0.340. The van der Waals surface area contributed by atoms with E-state index in [9.17, 15) is 0 Å². The van der Waals surface area contributed by atoms with Crippen molar-refractivity contribution < 1.29 is 4.74 Å². The molecule has 0 spiro atoms. The van der Waals surface area contributed by atoms with Crippen LogP contribution in [0.4, 0.5) is 0 Å². The monoisotopic (exact) mass is 268 g/mol. The van der Waals surface area contributed by atoms with Crippen LogP contribution in [0, 0.1) is 6.92 Å². The van der Waals surface area contributed by atoms with Crippen molar-refractivity contribution in [2.45, 2.75) is 38.4 Å². The van der Waals surface area contributed by atoms with Gasteiger partial charge in [-0.05, 0) is 37.3 Å². The van der Waals surface area contributed by atoms with E-state index in [4.69, 9.17) is 4.74 Å². The fourth-order valence-electron chi connectivity index (χ4n) is 1.88. The second-order valence-corrected chi connectivity index (χ2v) is 4.84. The Balaban J connectivity index is 2.07. The second kappa shape index (κ2) is 5.13. The van der Waals surface area contributed by atoms with Crippen molar-refractivity contribution in [2.75, 3.05) is 5.33 Å². The van der Waals surface area contributed by atoms with E-state index in [1.165, 1.54) is 30.4 Å². The van der Waals surface area contributed by atoms with Gasteiger partial charge >= 0.3 is 0 Å². The van der Waals surface area contributed by atoms with Gasteiger partial charge in [-0.15, -0.1) is 0 Å². The summed E-state index contributed by atoms with van der Waals surface area (Å²) in [5, 5.41) is 0.883. The van der Waals surface area contributed by atoms with Gasteiger partial charge in [0.2, 0.25) is 0 Å². The first-order chi connectivity index (χ1) is 7.31. The van der Waals surface area contributed by atoms with Crippen LogP contribution in [-0.4, -0.2) is 11.4 Å². The summed E-state index contributed by atoms with van der Waals surface area (Å²) in [6.07, 6.45) is 4.50. The molecule has 0 aromatic heterocycles. The minimum Gasteiger partial charge on any atom is -0.369 e. The first kappa shape index (κ1) is 11.2. The molecule has 1 aliphatic carbocycles. The largest absolute Gasteiger partial charge is 0.369 e. The van der Waals surface area contributed by atoms with Crippen molar-refractivity contribution in [3.63, 3.8) is 0 Å². The van der Waals surface area contributed by atoms with E-state index in [0.717, 1.165) is 5.33 Å². The van der Waals surface area contributed by atoms with Crippen LogP contribution in [0.25, 0.3) is 0 Å². The van der Waals surface area contributed by atoms with Gasteiger partial charge in [-0.2, -0.15) is 0 Å². The molecular weight excluding hydrogens is 252 g/mol. The molecule has 1 aromatic rings. The predicted molar refractivity (Wildman–Crippen MR) is 66.4 cm³/mol. The molecule has 15 heavy (non-hydrogen) atoms. The van der Waals surface area contributed by atoms with Crippen molar-refractivity contribution >= 4 is 15.9 Å². The van der Waals surface area contributed by atoms with Crippen LogP contribution in [-0.2, 0) is 4.74 Å². The van der Waals surface area contributed by atoms with Crippen LogP contribution >= 0.6 is 15.9 Å². The summed E-state index contributed by atoms with van der Waals surface area (Å²) in [5.41, 5.74) is 2.64. The van der Waals surface area contributed by atoms with Crippen LogP contribution in [0.1, 0.15) is 36.5 Å². The van der Waals surface area contributed by atoms with Crippen molar-refractivity contribution in [2.24, 2.45) is 0 Å². The number of hydrogen-bond donors (Lipinski definition) is 0. The number of ether oxygens (including phenoxy) is 1. The van der Waals surface area contributed by atoms with Crippen molar-refractivity contribution in [1.29, 1.82) is 0 Å². The van der Waals surface area contributed by atoms with Gasteiger partial charge in [0, 0.05) is 5.33 Å².